The van der Waals surface area contributed by atoms with E-state index in [4.69, 9.17) is 9.26 Å². The zero-order valence-corrected chi connectivity index (χ0v) is 11.2. The molecule has 0 bridgehead atoms. The van der Waals surface area contributed by atoms with Crippen molar-refractivity contribution in [3.63, 3.8) is 0 Å². The second-order valence-corrected chi connectivity index (χ2v) is 5.45. The molecule has 0 aliphatic heterocycles. The maximum atomic E-state index is 12.2. The van der Waals surface area contributed by atoms with E-state index in [0.29, 0.717) is 11.1 Å². The molecule has 0 unspecified atom stereocenters. The molecule has 0 amide bonds. The third-order valence-electron chi connectivity index (χ3n) is 2.56. The van der Waals surface area contributed by atoms with Crippen LogP contribution in [0.25, 0.3) is 11.0 Å². The molecule has 0 aliphatic carbocycles. The highest BCUT2D eigenvalue weighted by atomic mass is 32.2. The number of aromatic nitrogens is 1. The number of nitrogens with zero attached hydrogens (tertiary/aromatic N) is 1. The number of ether oxygens (including phenoxy) is 1. The summed E-state index contributed by atoms with van der Waals surface area (Å²) >= 11 is 0. The van der Waals surface area contributed by atoms with Crippen molar-refractivity contribution in [2.45, 2.75) is 18.7 Å². The molecule has 0 aliphatic rings. The summed E-state index contributed by atoms with van der Waals surface area (Å²) in [6.07, 6.45) is 0. The highest BCUT2D eigenvalue weighted by Crippen LogP contribution is 2.33. The Bertz CT molecular complexity index is 676. The number of hydrogen-bond donors (Lipinski definition) is 1. The standard InChI is InChI=1S/C11H14N2O4S/c1-4-12-18(14,15)11-9(16-3)6-5-8-7(2)13-17-10(8)11/h5-6,12H,4H2,1-3H3. The minimum Gasteiger partial charge on any atom is -0.495 e. The van der Waals surface area contributed by atoms with Crippen LogP contribution in [0, 0.1) is 6.92 Å². The highest BCUT2D eigenvalue weighted by Gasteiger charge is 2.25. The van der Waals surface area contributed by atoms with E-state index < -0.39 is 10.0 Å². The smallest absolute Gasteiger partial charge is 0.248 e. The van der Waals surface area contributed by atoms with Crippen LogP contribution in [0.3, 0.4) is 0 Å². The fourth-order valence-corrected chi connectivity index (χ4v) is 3.09. The predicted octanol–water partition coefficient (Wildman–Crippen LogP) is 1.44. The summed E-state index contributed by atoms with van der Waals surface area (Å²) in [4.78, 5) is -0.00931. The fraction of sp³-hybridized carbons (Fsp3) is 0.364. The van der Waals surface area contributed by atoms with Gasteiger partial charge in [0.15, 0.2) is 10.5 Å². The highest BCUT2D eigenvalue weighted by molar-refractivity contribution is 7.89. The van der Waals surface area contributed by atoms with E-state index in [2.05, 4.69) is 9.88 Å². The third kappa shape index (κ3) is 1.95. The monoisotopic (exact) mass is 270 g/mol. The lowest BCUT2D eigenvalue weighted by Crippen LogP contribution is -2.23. The Morgan fingerprint density at radius 2 is 2.17 bits per heavy atom. The Labute approximate surface area is 105 Å². The van der Waals surface area contributed by atoms with E-state index >= 15 is 0 Å². The van der Waals surface area contributed by atoms with Crippen LogP contribution in [-0.4, -0.2) is 27.2 Å². The summed E-state index contributed by atoms with van der Waals surface area (Å²) in [7, 11) is -2.26. The van der Waals surface area contributed by atoms with Crippen LogP contribution in [0.5, 0.6) is 5.75 Å². The summed E-state index contributed by atoms with van der Waals surface area (Å²) in [5.41, 5.74) is 0.855. The zero-order valence-electron chi connectivity index (χ0n) is 10.4. The number of hydrogen-bond acceptors (Lipinski definition) is 5. The van der Waals surface area contributed by atoms with Crippen molar-refractivity contribution >= 4 is 21.0 Å². The van der Waals surface area contributed by atoms with Gasteiger partial charge in [-0.25, -0.2) is 13.1 Å². The second kappa shape index (κ2) is 4.58. The molecule has 1 aromatic heterocycles. The van der Waals surface area contributed by atoms with Gasteiger partial charge in [-0.05, 0) is 19.1 Å². The molecule has 2 rings (SSSR count). The van der Waals surface area contributed by atoms with E-state index in [9.17, 15) is 8.42 Å². The minimum absolute atomic E-state index is 0.00931. The number of methoxy groups -OCH3 is 1. The number of nitrogens with one attached hydrogen (secondary N) is 1. The molecule has 1 heterocycles. The first-order valence-corrected chi connectivity index (χ1v) is 6.92. The van der Waals surface area contributed by atoms with Crippen LogP contribution in [0.1, 0.15) is 12.6 Å². The molecule has 1 N–H and O–H groups in total. The van der Waals surface area contributed by atoms with Gasteiger partial charge in [-0.3, -0.25) is 0 Å². The summed E-state index contributed by atoms with van der Waals surface area (Å²) in [5.74, 6) is 0.236. The van der Waals surface area contributed by atoms with Crippen molar-refractivity contribution in [3.8, 4) is 5.75 Å². The fourth-order valence-electron chi connectivity index (χ4n) is 1.76. The number of rotatable bonds is 4. The van der Waals surface area contributed by atoms with E-state index in [1.807, 2.05) is 0 Å². The average Bonchev–Trinajstić information content (AvgIpc) is 2.69. The summed E-state index contributed by atoms with van der Waals surface area (Å²) < 4.78 is 36.9. The van der Waals surface area contributed by atoms with Gasteiger partial charge >= 0.3 is 0 Å². The van der Waals surface area contributed by atoms with Crippen molar-refractivity contribution in [3.05, 3.63) is 17.8 Å². The summed E-state index contributed by atoms with van der Waals surface area (Å²) in [6, 6.07) is 3.32. The molecule has 0 spiro atoms. The van der Waals surface area contributed by atoms with Gasteiger partial charge in [0.05, 0.1) is 12.8 Å². The topological polar surface area (TPSA) is 81.4 Å². The van der Waals surface area contributed by atoms with Gasteiger partial charge in [-0.1, -0.05) is 12.1 Å². The quantitative estimate of drug-likeness (QED) is 0.909. The molecule has 18 heavy (non-hydrogen) atoms. The first-order valence-electron chi connectivity index (χ1n) is 5.44. The van der Waals surface area contributed by atoms with Gasteiger partial charge in [-0.2, -0.15) is 0 Å². The molecule has 2 aromatic rings. The number of aryl methyl sites for hydroxylation is 1. The van der Waals surface area contributed by atoms with Crippen LogP contribution in [-0.2, 0) is 10.0 Å². The van der Waals surface area contributed by atoms with Gasteiger partial charge in [0.1, 0.15) is 5.75 Å². The summed E-state index contributed by atoms with van der Waals surface area (Å²) in [5, 5.41) is 4.44. The van der Waals surface area contributed by atoms with Gasteiger partial charge < -0.3 is 9.26 Å². The predicted molar refractivity (Wildman–Crippen MR) is 66.2 cm³/mol. The van der Waals surface area contributed by atoms with Crippen molar-refractivity contribution in [1.29, 1.82) is 0 Å². The Morgan fingerprint density at radius 1 is 1.44 bits per heavy atom. The van der Waals surface area contributed by atoms with Crippen molar-refractivity contribution < 1.29 is 17.7 Å². The van der Waals surface area contributed by atoms with Crippen LogP contribution < -0.4 is 9.46 Å². The minimum atomic E-state index is -3.68. The number of sulfonamides is 1. The van der Waals surface area contributed by atoms with E-state index in [1.165, 1.54) is 7.11 Å². The first-order chi connectivity index (χ1) is 8.51. The van der Waals surface area contributed by atoms with E-state index in [1.54, 1.807) is 26.0 Å². The normalized spacial score (nSPS) is 11.9. The van der Waals surface area contributed by atoms with Gasteiger partial charge in [0.25, 0.3) is 0 Å². The molecule has 98 valence electrons. The SMILES string of the molecule is CCNS(=O)(=O)c1c(OC)ccc2c(C)noc12. The third-order valence-corrected chi connectivity index (χ3v) is 4.16. The average molecular weight is 270 g/mol. The maximum absolute atomic E-state index is 12.2. The second-order valence-electron chi connectivity index (χ2n) is 3.74. The Hall–Kier alpha value is -1.60. The van der Waals surface area contributed by atoms with Crippen LogP contribution in [0.15, 0.2) is 21.6 Å². The zero-order chi connectivity index (χ0) is 13.3. The van der Waals surface area contributed by atoms with Crippen molar-refractivity contribution in [2.75, 3.05) is 13.7 Å². The molecule has 0 fully saturated rings. The Morgan fingerprint density at radius 3 is 2.78 bits per heavy atom. The van der Waals surface area contributed by atoms with Crippen LogP contribution >= 0.6 is 0 Å². The van der Waals surface area contributed by atoms with Crippen LogP contribution in [0.2, 0.25) is 0 Å². The maximum Gasteiger partial charge on any atom is 0.248 e. The Balaban J connectivity index is 2.81. The lowest BCUT2D eigenvalue weighted by Gasteiger charge is -2.09. The lowest BCUT2D eigenvalue weighted by molar-refractivity contribution is 0.396. The largest absolute Gasteiger partial charge is 0.495 e. The number of fused-ring (bicyclic) bond motifs is 1. The molecule has 6 nitrogen and oxygen atoms in total. The molecule has 7 heteroatoms. The van der Waals surface area contributed by atoms with E-state index in [0.717, 1.165) is 0 Å². The van der Waals surface area contributed by atoms with Crippen molar-refractivity contribution in [1.82, 2.24) is 9.88 Å². The van der Waals surface area contributed by atoms with Crippen molar-refractivity contribution in [2.24, 2.45) is 0 Å². The molecule has 0 atom stereocenters. The van der Waals surface area contributed by atoms with Gasteiger partial charge in [0, 0.05) is 11.9 Å². The number of benzene rings is 1. The molecule has 0 radical (unpaired) electrons. The molecule has 0 saturated carbocycles. The molecule has 0 saturated heterocycles. The van der Waals surface area contributed by atoms with Gasteiger partial charge in [-0.15, -0.1) is 0 Å². The Kier molecular flexibility index (Phi) is 3.27. The summed E-state index contributed by atoms with van der Waals surface area (Å²) in [6.45, 7) is 3.74. The van der Waals surface area contributed by atoms with Gasteiger partial charge in [0.2, 0.25) is 10.0 Å². The molecular formula is C11H14N2O4S. The molecular weight excluding hydrogens is 256 g/mol. The van der Waals surface area contributed by atoms with Crippen LogP contribution in [0.4, 0.5) is 0 Å². The first kappa shape index (κ1) is 12.8. The molecule has 1 aromatic carbocycles. The lowest BCUT2D eigenvalue weighted by atomic mass is 10.2. The van der Waals surface area contributed by atoms with E-state index in [-0.39, 0.29) is 22.8 Å².